The van der Waals surface area contributed by atoms with Crippen LogP contribution in [-0.2, 0) is 0 Å². The van der Waals surface area contributed by atoms with E-state index in [9.17, 15) is 0 Å². The van der Waals surface area contributed by atoms with Crippen molar-refractivity contribution < 1.29 is 18.8 Å². The van der Waals surface area contributed by atoms with Crippen LogP contribution in [-0.4, -0.2) is 21.3 Å². The van der Waals surface area contributed by atoms with Gasteiger partial charge in [0.2, 0.25) is 0 Å². The minimum Gasteiger partial charge on any atom is -0.526 e. The molecule has 0 radical (unpaired) electrons. The molecule has 0 N–H and O–H groups in total. The van der Waals surface area contributed by atoms with Gasteiger partial charge >= 0.3 is 7.12 Å². The molecule has 0 unspecified atom stereocenters. The van der Waals surface area contributed by atoms with Crippen molar-refractivity contribution in [2.75, 3.05) is 14.2 Å². The average Bonchev–Trinajstić information content (AvgIpc) is 3.08. The summed E-state index contributed by atoms with van der Waals surface area (Å²) in [6, 6.07) is 15.3. The van der Waals surface area contributed by atoms with Crippen molar-refractivity contribution in [3.63, 3.8) is 0 Å². The molecular formula is C20H25BO4. The minimum atomic E-state index is -0.306. The van der Waals surface area contributed by atoms with Crippen molar-refractivity contribution in [2.24, 2.45) is 5.92 Å². The third-order valence-electron chi connectivity index (χ3n) is 4.90. The van der Waals surface area contributed by atoms with Gasteiger partial charge in [0.15, 0.2) is 0 Å². The van der Waals surface area contributed by atoms with Crippen LogP contribution in [0.5, 0.6) is 23.0 Å². The Morgan fingerprint density at radius 3 is 1.52 bits per heavy atom. The van der Waals surface area contributed by atoms with Gasteiger partial charge in [0.05, 0.1) is 14.2 Å². The zero-order chi connectivity index (χ0) is 17.6. The van der Waals surface area contributed by atoms with E-state index >= 15 is 0 Å². The molecule has 5 heteroatoms. The third kappa shape index (κ3) is 4.41. The fourth-order valence-electron chi connectivity index (χ4n) is 3.35. The first-order valence-corrected chi connectivity index (χ1v) is 8.81. The van der Waals surface area contributed by atoms with Gasteiger partial charge in [0, 0.05) is 5.82 Å². The molecule has 2 aromatic rings. The van der Waals surface area contributed by atoms with Gasteiger partial charge in [-0.2, -0.15) is 0 Å². The first-order chi connectivity index (χ1) is 12.2. The topological polar surface area (TPSA) is 36.9 Å². The lowest BCUT2D eigenvalue weighted by Crippen LogP contribution is -2.36. The van der Waals surface area contributed by atoms with Gasteiger partial charge in [-0.15, -0.1) is 0 Å². The molecule has 132 valence electrons. The van der Waals surface area contributed by atoms with E-state index < -0.39 is 0 Å². The molecule has 4 nitrogen and oxygen atoms in total. The van der Waals surface area contributed by atoms with Crippen LogP contribution in [0, 0.1) is 5.92 Å². The van der Waals surface area contributed by atoms with Crippen LogP contribution in [0.3, 0.4) is 0 Å². The lowest BCUT2D eigenvalue weighted by molar-refractivity contribution is 0.380. The summed E-state index contributed by atoms with van der Waals surface area (Å²) in [7, 11) is 3.01. The van der Waals surface area contributed by atoms with Crippen molar-refractivity contribution in [1.82, 2.24) is 0 Å². The summed E-state index contributed by atoms with van der Waals surface area (Å²) in [6.45, 7) is 2.28. The summed E-state index contributed by atoms with van der Waals surface area (Å²) in [4.78, 5) is 0. The molecule has 1 aliphatic carbocycles. The molecule has 0 saturated heterocycles. The Morgan fingerprint density at radius 2 is 1.16 bits per heavy atom. The van der Waals surface area contributed by atoms with Crippen molar-refractivity contribution in [3.05, 3.63) is 48.5 Å². The Hall–Kier alpha value is -2.30. The Kier molecular flexibility index (Phi) is 5.74. The highest BCUT2D eigenvalue weighted by Gasteiger charge is 2.41. The first-order valence-electron chi connectivity index (χ1n) is 8.81. The highest BCUT2D eigenvalue weighted by molar-refractivity contribution is 6.48. The zero-order valence-electron chi connectivity index (χ0n) is 15.1. The molecule has 0 spiro atoms. The number of rotatable bonds is 7. The predicted molar refractivity (Wildman–Crippen MR) is 99.8 cm³/mol. The lowest BCUT2D eigenvalue weighted by Gasteiger charge is -2.24. The Labute approximate surface area is 150 Å². The van der Waals surface area contributed by atoms with E-state index in [4.69, 9.17) is 18.8 Å². The molecule has 25 heavy (non-hydrogen) atoms. The predicted octanol–water partition coefficient (Wildman–Crippen LogP) is 4.84. The lowest BCUT2D eigenvalue weighted by atomic mass is 9.66. The standard InChI is InChI=1S/C20H25BO4/c1-15-5-4-6-20(15)21(24-18-11-7-16(22-2)8-12-18)25-19-13-9-17(23-3)10-14-19/h7-15,20H,4-6H2,1-3H3/t15-,20-/m1/s1. The number of hydrogen-bond acceptors (Lipinski definition) is 4. The summed E-state index contributed by atoms with van der Waals surface area (Å²) in [5, 5.41) is 0. The molecule has 0 bridgehead atoms. The van der Waals surface area contributed by atoms with E-state index in [1.165, 1.54) is 12.8 Å². The van der Waals surface area contributed by atoms with E-state index in [0.717, 1.165) is 29.4 Å². The van der Waals surface area contributed by atoms with Gasteiger partial charge in [-0.3, -0.25) is 0 Å². The smallest absolute Gasteiger partial charge is 0.526 e. The normalized spacial score (nSPS) is 19.3. The van der Waals surface area contributed by atoms with Crippen LogP contribution in [0.2, 0.25) is 5.82 Å². The summed E-state index contributed by atoms with van der Waals surface area (Å²) in [5.74, 6) is 4.17. The van der Waals surface area contributed by atoms with Gasteiger partial charge in [-0.25, -0.2) is 0 Å². The number of methoxy groups -OCH3 is 2. The van der Waals surface area contributed by atoms with Gasteiger partial charge < -0.3 is 18.8 Å². The van der Waals surface area contributed by atoms with Gasteiger partial charge in [0.25, 0.3) is 0 Å². The van der Waals surface area contributed by atoms with Crippen molar-refractivity contribution >= 4 is 7.12 Å². The molecule has 0 aliphatic heterocycles. The Balaban J connectivity index is 1.76. The van der Waals surface area contributed by atoms with E-state index in [0.29, 0.717) is 11.7 Å². The van der Waals surface area contributed by atoms with Crippen LogP contribution < -0.4 is 18.8 Å². The second-order valence-electron chi connectivity index (χ2n) is 6.53. The molecule has 0 heterocycles. The van der Waals surface area contributed by atoms with Crippen molar-refractivity contribution in [3.8, 4) is 23.0 Å². The maximum Gasteiger partial charge on any atom is 0.598 e. The summed E-state index contributed by atoms with van der Waals surface area (Å²) >= 11 is 0. The van der Waals surface area contributed by atoms with Crippen LogP contribution >= 0.6 is 0 Å². The largest absolute Gasteiger partial charge is 0.598 e. The van der Waals surface area contributed by atoms with Gasteiger partial charge in [-0.1, -0.05) is 19.8 Å². The van der Waals surface area contributed by atoms with Crippen LogP contribution in [0.15, 0.2) is 48.5 Å². The molecule has 1 fully saturated rings. The first kappa shape index (κ1) is 17.5. The third-order valence-corrected chi connectivity index (χ3v) is 4.90. The molecule has 2 aromatic carbocycles. The summed E-state index contributed by atoms with van der Waals surface area (Å²) < 4.78 is 22.9. The molecule has 3 rings (SSSR count). The monoisotopic (exact) mass is 340 g/mol. The minimum absolute atomic E-state index is 0.306. The number of ether oxygens (including phenoxy) is 2. The maximum absolute atomic E-state index is 6.22. The maximum atomic E-state index is 6.22. The fraction of sp³-hybridized carbons (Fsp3) is 0.400. The Morgan fingerprint density at radius 1 is 0.720 bits per heavy atom. The molecule has 0 aromatic heterocycles. The molecule has 1 aliphatic rings. The summed E-state index contributed by atoms with van der Waals surface area (Å²) in [6.07, 6.45) is 3.57. The fourth-order valence-corrected chi connectivity index (χ4v) is 3.35. The highest BCUT2D eigenvalue weighted by atomic mass is 16.6. The number of benzene rings is 2. The molecule has 2 atom stereocenters. The second-order valence-corrected chi connectivity index (χ2v) is 6.53. The van der Waals surface area contributed by atoms with Crippen LogP contribution in [0.4, 0.5) is 0 Å². The van der Waals surface area contributed by atoms with E-state index in [2.05, 4.69) is 6.92 Å². The van der Waals surface area contributed by atoms with E-state index in [1.54, 1.807) is 14.2 Å². The summed E-state index contributed by atoms with van der Waals surface area (Å²) in [5.41, 5.74) is 0. The number of hydrogen-bond donors (Lipinski definition) is 0. The molecular weight excluding hydrogens is 315 g/mol. The Bertz CT molecular complexity index is 607. The quantitative estimate of drug-likeness (QED) is 0.676. The second kappa shape index (κ2) is 8.19. The SMILES string of the molecule is COc1ccc(OB(Oc2ccc(OC)cc2)[C@@H]2CCC[C@H]2C)cc1. The van der Waals surface area contributed by atoms with Crippen LogP contribution in [0.25, 0.3) is 0 Å². The van der Waals surface area contributed by atoms with E-state index in [1.807, 2.05) is 48.5 Å². The molecule has 1 saturated carbocycles. The average molecular weight is 340 g/mol. The highest BCUT2D eigenvalue weighted by Crippen LogP contribution is 2.39. The zero-order valence-corrected chi connectivity index (χ0v) is 15.1. The van der Waals surface area contributed by atoms with Crippen molar-refractivity contribution in [2.45, 2.75) is 32.0 Å². The van der Waals surface area contributed by atoms with Gasteiger partial charge in [-0.05, 0) is 60.9 Å². The van der Waals surface area contributed by atoms with Gasteiger partial charge in [0.1, 0.15) is 23.0 Å². The van der Waals surface area contributed by atoms with E-state index in [-0.39, 0.29) is 7.12 Å². The van der Waals surface area contributed by atoms with Crippen LogP contribution in [0.1, 0.15) is 26.2 Å². The van der Waals surface area contributed by atoms with Crippen molar-refractivity contribution in [1.29, 1.82) is 0 Å². The molecule has 0 amide bonds.